The summed E-state index contributed by atoms with van der Waals surface area (Å²) in [5.74, 6) is 0.708. The molecule has 0 amide bonds. The summed E-state index contributed by atoms with van der Waals surface area (Å²) in [6, 6.07) is 0.177. The average molecular weight is 275 g/mol. The Morgan fingerprint density at radius 1 is 1.22 bits per heavy atom. The Morgan fingerprint density at radius 2 is 1.94 bits per heavy atom. The molecule has 0 aromatic rings. The summed E-state index contributed by atoms with van der Waals surface area (Å²) in [6.45, 7) is 6.46. The van der Waals surface area contributed by atoms with Gasteiger partial charge in [0.1, 0.15) is 0 Å². The molecule has 106 valence electrons. The summed E-state index contributed by atoms with van der Waals surface area (Å²) in [7, 11) is -0.622. The van der Waals surface area contributed by atoms with Crippen LogP contribution in [0.15, 0.2) is 0 Å². The van der Waals surface area contributed by atoms with Crippen molar-refractivity contribution in [3.8, 4) is 0 Å². The maximum atomic E-state index is 11.5. The van der Waals surface area contributed by atoms with Gasteiger partial charge in [-0.1, -0.05) is 0 Å². The zero-order valence-corrected chi connectivity index (χ0v) is 12.1. The molecule has 0 radical (unpaired) electrons. The largest absolute Gasteiger partial charge is 0.312 e. The van der Waals surface area contributed by atoms with Crippen LogP contribution >= 0.6 is 0 Å². The van der Waals surface area contributed by atoms with E-state index in [0.29, 0.717) is 11.5 Å². The predicted octanol–water partition coefficient (Wildman–Crippen LogP) is -0.599. The first-order valence-electron chi connectivity index (χ1n) is 6.90. The molecular formula is C12H25N3O2S. The van der Waals surface area contributed by atoms with Crippen LogP contribution in [0.5, 0.6) is 0 Å². The first-order valence-corrected chi connectivity index (χ1v) is 8.72. The summed E-state index contributed by atoms with van der Waals surface area (Å²) in [5.41, 5.74) is 0. The Labute approximate surface area is 110 Å². The van der Waals surface area contributed by atoms with Crippen LogP contribution < -0.4 is 5.32 Å². The normalized spacial score (nSPS) is 30.4. The van der Waals surface area contributed by atoms with Gasteiger partial charge in [0.15, 0.2) is 9.84 Å². The fraction of sp³-hybridized carbons (Fsp3) is 1.00. The molecule has 6 heteroatoms. The van der Waals surface area contributed by atoms with Gasteiger partial charge in [-0.3, -0.25) is 4.90 Å². The van der Waals surface area contributed by atoms with E-state index in [1.807, 2.05) is 0 Å². The average Bonchev–Trinajstić information content (AvgIpc) is 2.30. The van der Waals surface area contributed by atoms with Crippen LogP contribution in [0, 0.1) is 0 Å². The van der Waals surface area contributed by atoms with Gasteiger partial charge in [-0.25, -0.2) is 8.42 Å². The molecule has 2 heterocycles. The molecule has 18 heavy (non-hydrogen) atoms. The molecule has 2 aliphatic rings. The van der Waals surface area contributed by atoms with Crippen LogP contribution in [0.2, 0.25) is 0 Å². The van der Waals surface area contributed by atoms with Crippen LogP contribution in [0.25, 0.3) is 0 Å². The number of hydrogen-bond donors (Lipinski definition) is 1. The highest BCUT2D eigenvalue weighted by Gasteiger charge is 2.24. The Hall–Kier alpha value is -0.170. The SMILES string of the molecule is CN1CCN(CCNC2CCCS(=O)(=O)C2)CC1. The van der Waals surface area contributed by atoms with Gasteiger partial charge in [-0.05, 0) is 19.9 Å². The number of hydrogen-bond acceptors (Lipinski definition) is 5. The minimum atomic E-state index is -2.78. The second-order valence-corrected chi connectivity index (χ2v) is 7.78. The summed E-state index contributed by atoms with van der Waals surface area (Å²) < 4.78 is 23.0. The summed E-state index contributed by atoms with van der Waals surface area (Å²) >= 11 is 0. The molecule has 1 N–H and O–H groups in total. The van der Waals surface area contributed by atoms with E-state index in [2.05, 4.69) is 22.2 Å². The number of rotatable bonds is 4. The Kier molecular flexibility index (Phi) is 5.00. The summed E-state index contributed by atoms with van der Waals surface area (Å²) in [5, 5.41) is 3.40. The highest BCUT2D eigenvalue weighted by molar-refractivity contribution is 7.91. The van der Waals surface area contributed by atoms with Crippen molar-refractivity contribution in [3.63, 3.8) is 0 Å². The third kappa shape index (κ3) is 4.50. The van der Waals surface area contributed by atoms with E-state index in [-0.39, 0.29) is 6.04 Å². The number of likely N-dealkylation sites (N-methyl/N-ethyl adjacent to an activating group) is 1. The van der Waals surface area contributed by atoms with Crippen molar-refractivity contribution in [1.29, 1.82) is 0 Å². The Bertz CT molecular complexity index is 350. The number of piperazine rings is 1. The third-order valence-electron chi connectivity index (χ3n) is 3.92. The summed E-state index contributed by atoms with van der Waals surface area (Å²) in [6.07, 6.45) is 1.82. The molecule has 0 spiro atoms. The highest BCUT2D eigenvalue weighted by Crippen LogP contribution is 2.11. The standard InChI is InChI=1S/C12H25N3O2S/c1-14-6-8-15(9-7-14)5-4-13-12-3-2-10-18(16,17)11-12/h12-13H,2-11H2,1H3. The minimum Gasteiger partial charge on any atom is -0.312 e. The Morgan fingerprint density at radius 3 is 2.61 bits per heavy atom. The molecule has 1 atom stereocenters. The van der Waals surface area contributed by atoms with Crippen LogP contribution in [0.1, 0.15) is 12.8 Å². The van der Waals surface area contributed by atoms with Crippen molar-refractivity contribution < 1.29 is 8.42 Å². The van der Waals surface area contributed by atoms with Crippen LogP contribution in [-0.2, 0) is 9.84 Å². The van der Waals surface area contributed by atoms with Crippen LogP contribution in [0.4, 0.5) is 0 Å². The second-order valence-electron chi connectivity index (χ2n) is 5.55. The minimum absolute atomic E-state index is 0.177. The molecule has 0 aromatic heterocycles. The first kappa shape index (κ1) is 14.2. The maximum absolute atomic E-state index is 11.5. The lowest BCUT2D eigenvalue weighted by Crippen LogP contribution is -2.48. The highest BCUT2D eigenvalue weighted by atomic mass is 32.2. The van der Waals surface area contributed by atoms with Gasteiger partial charge in [0.25, 0.3) is 0 Å². The monoisotopic (exact) mass is 275 g/mol. The molecule has 0 bridgehead atoms. The smallest absolute Gasteiger partial charge is 0.151 e. The maximum Gasteiger partial charge on any atom is 0.151 e. The topological polar surface area (TPSA) is 52.6 Å². The van der Waals surface area contributed by atoms with Crippen LogP contribution in [0.3, 0.4) is 0 Å². The molecule has 2 saturated heterocycles. The number of nitrogens with one attached hydrogen (secondary N) is 1. The molecule has 5 nitrogen and oxygen atoms in total. The van der Waals surface area contributed by atoms with Crippen molar-refractivity contribution in [3.05, 3.63) is 0 Å². The van der Waals surface area contributed by atoms with Gasteiger partial charge in [0.05, 0.1) is 11.5 Å². The lowest BCUT2D eigenvalue weighted by molar-refractivity contribution is 0.153. The van der Waals surface area contributed by atoms with E-state index in [0.717, 1.165) is 52.1 Å². The van der Waals surface area contributed by atoms with Crippen LogP contribution in [-0.4, -0.2) is 82.1 Å². The summed E-state index contributed by atoms with van der Waals surface area (Å²) in [4.78, 5) is 4.79. The fourth-order valence-corrected chi connectivity index (χ4v) is 4.35. The number of sulfone groups is 1. The second kappa shape index (κ2) is 6.32. The molecule has 0 aromatic carbocycles. The van der Waals surface area contributed by atoms with Crippen molar-refractivity contribution in [2.24, 2.45) is 0 Å². The zero-order chi connectivity index (χ0) is 13.0. The van der Waals surface area contributed by atoms with Gasteiger partial charge in [-0.2, -0.15) is 0 Å². The fourth-order valence-electron chi connectivity index (χ4n) is 2.68. The quantitative estimate of drug-likeness (QED) is 0.742. The third-order valence-corrected chi connectivity index (χ3v) is 5.74. The van der Waals surface area contributed by atoms with E-state index in [4.69, 9.17) is 0 Å². The molecule has 2 rings (SSSR count). The van der Waals surface area contributed by atoms with Gasteiger partial charge in [-0.15, -0.1) is 0 Å². The predicted molar refractivity (Wildman–Crippen MR) is 73.6 cm³/mol. The van der Waals surface area contributed by atoms with E-state index >= 15 is 0 Å². The lowest BCUT2D eigenvalue weighted by atomic mass is 10.2. The molecule has 0 aliphatic carbocycles. The van der Waals surface area contributed by atoms with Gasteiger partial charge >= 0.3 is 0 Å². The molecule has 0 saturated carbocycles. The zero-order valence-electron chi connectivity index (χ0n) is 11.3. The van der Waals surface area contributed by atoms with Gasteiger partial charge < -0.3 is 10.2 Å². The van der Waals surface area contributed by atoms with Crippen molar-refractivity contribution in [2.75, 3.05) is 57.8 Å². The van der Waals surface area contributed by atoms with Gasteiger partial charge in [0.2, 0.25) is 0 Å². The van der Waals surface area contributed by atoms with E-state index in [1.165, 1.54) is 0 Å². The van der Waals surface area contributed by atoms with E-state index in [1.54, 1.807) is 0 Å². The van der Waals surface area contributed by atoms with Crippen molar-refractivity contribution in [1.82, 2.24) is 15.1 Å². The Balaban J connectivity index is 1.63. The molecule has 2 fully saturated rings. The molecular weight excluding hydrogens is 250 g/mol. The molecule has 1 unspecified atom stereocenters. The molecule has 2 aliphatic heterocycles. The van der Waals surface area contributed by atoms with Gasteiger partial charge in [0, 0.05) is 45.3 Å². The lowest BCUT2D eigenvalue weighted by Gasteiger charge is -2.33. The van der Waals surface area contributed by atoms with E-state index < -0.39 is 9.84 Å². The van der Waals surface area contributed by atoms with Crippen molar-refractivity contribution in [2.45, 2.75) is 18.9 Å². The van der Waals surface area contributed by atoms with E-state index in [9.17, 15) is 8.42 Å². The van der Waals surface area contributed by atoms with Crippen molar-refractivity contribution >= 4 is 9.84 Å². The number of nitrogens with zero attached hydrogens (tertiary/aromatic N) is 2. The first-order chi connectivity index (χ1) is 8.55.